The Morgan fingerprint density at radius 2 is 1.57 bits per heavy atom. The summed E-state index contributed by atoms with van der Waals surface area (Å²) in [5.41, 5.74) is 0. The SMILES string of the molecule is CC1(C)O[CH][CH]O1. The third-order valence-electron chi connectivity index (χ3n) is 0.759. The number of hydrogen-bond donors (Lipinski definition) is 0. The third-order valence-corrected chi connectivity index (χ3v) is 0.759. The van der Waals surface area contributed by atoms with Crippen LogP contribution in [0.4, 0.5) is 0 Å². The second-order valence-electron chi connectivity index (χ2n) is 1.91. The van der Waals surface area contributed by atoms with E-state index in [1.54, 1.807) is 13.2 Å². The molecule has 0 saturated carbocycles. The Morgan fingerprint density at radius 1 is 1.14 bits per heavy atom. The van der Waals surface area contributed by atoms with E-state index >= 15 is 0 Å². The van der Waals surface area contributed by atoms with Crippen LogP contribution in [-0.2, 0) is 9.47 Å². The summed E-state index contributed by atoms with van der Waals surface area (Å²) in [6.45, 7) is 6.79. The zero-order valence-electron chi connectivity index (χ0n) is 4.47. The molecule has 1 heterocycles. The van der Waals surface area contributed by atoms with Gasteiger partial charge in [0, 0.05) is 0 Å². The van der Waals surface area contributed by atoms with E-state index in [-0.39, 0.29) is 0 Å². The Morgan fingerprint density at radius 3 is 1.71 bits per heavy atom. The van der Waals surface area contributed by atoms with Crippen molar-refractivity contribution in [2.24, 2.45) is 0 Å². The van der Waals surface area contributed by atoms with Gasteiger partial charge in [0.15, 0.2) is 5.79 Å². The van der Waals surface area contributed by atoms with Crippen molar-refractivity contribution in [3.8, 4) is 0 Å². The third kappa shape index (κ3) is 1.14. The maximum atomic E-state index is 4.94. The minimum Gasteiger partial charge on any atom is -0.342 e. The second kappa shape index (κ2) is 1.46. The maximum absolute atomic E-state index is 4.94. The van der Waals surface area contributed by atoms with Gasteiger partial charge in [-0.25, -0.2) is 0 Å². The lowest BCUT2D eigenvalue weighted by Gasteiger charge is -2.13. The first-order valence-electron chi connectivity index (χ1n) is 2.21. The molecule has 0 spiro atoms. The average molecular weight is 100 g/mol. The summed E-state index contributed by atoms with van der Waals surface area (Å²) < 4.78 is 9.88. The van der Waals surface area contributed by atoms with Gasteiger partial charge in [-0.15, -0.1) is 0 Å². The van der Waals surface area contributed by atoms with Crippen molar-refractivity contribution in [1.29, 1.82) is 0 Å². The van der Waals surface area contributed by atoms with Crippen LogP contribution in [0.15, 0.2) is 0 Å². The van der Waals surface area contributed by atoms with E-state index < -0.39 is 5.79 Å². The number of hydrogen-bond acceptors (Lipinski definition) is 2. The molecule has 2 radical (unpaired) electrons. The summed E-state index contributed by atoms with van der Waals surface area (Å²) in [4.78, 5) is 0. The molecule has 0 amide bonds. The minimum absolute atomic E-state index is 0.417. The normalized spacial score (nSPS) is 28.3. The van der Waals surface area contributed by atoms with Crippen LogP contribution in [-0.4, -0.2) is 5.79 Å². The molecule has 0 aromatic heterocycles. The highest BCUT2D eigenvalue weighted by atomic mass is 16.7. The van der Waals surface area contributed by atoms with Crippen molar-refractivity contribution in [2.45, 2.75) is 19.6 Å². The summed E-state index contributed by atoms with van der Waals surface area (Å²) in [5, 5.41) is 0. The van der Waals surface area contributed by atoms with Crippen molar-refractivity contribution in [2.75, 3.05) is 0 Å². The summed E-state index contributed by atoms with van der Waals surface area (Å²) in [5.74, 6) is -0.417. The molecular weight excluding hydrogens is 92.1 g/mol. The molecule has 0 aromatic carbocycles. The van der Waals surface area contributed by atoms with Crippen LogP contribution in [0.5, 0.6) is 0 Å². The molecule has 7 heavy (non-hydrogen) atoms. The molecule has 1 saturated heterocycles. The predicted molar refractivity (Wildman–Crippen MR) is 24.8 cm³/mol. The number of ether oxygens (including phenoxy) is 2. The molecule has 40 valence electrons. The van der Waals surface area contributed by atoms with E-state index in [0.717, 1.165) is 0 Å². The van der Waals surface area contributed by atoms with Crippen molar-refractivity contribution in [1.82, 2.24) is 0 Å². The zero-order valence-corrected chi connectivity index (χ0v) is 4.47. The van der Waals surface area contributed by atoms with Crippen molar-refractivity contribution in [3.05, 3.63) is 13.2 Å². The van der Waals surface area contributed by atoms with Crippen molar-refractivity contribution in [3.63, 3.8) is 0 Å². The van der Waals surface area contributed by atoms with Gasteiger partial charge in [-0.1, -0.05) is 0 Å². The van der Waals surface area contributed by atoms with Crippen LogP contribution in [0.2, 0.25) is 0 Å². The first kappa shape index (κ1) is 5.06. The van der Waals surface area contributed by atoms with E-state index in [1.807, 2.05) is 13.8 Å². The fourth-order valence-corrected chi connectivity index (χ4v) is 0.411. The molecular formula is C5H8O2. The molecule has 0 N–H and O–H groups in total. The molecule has 2 nitrogen and oxygen atoms in total. The molecule has 2 heteroatoms. The average Bonchev–Trinajstić information content (AvgIpc) is 1.84. The van der Waals surface area contributed by atoms with E-state index in [1.165, 1.54) is 0 Å². The quantitative estimate of drug-likeness (QED) is 0.453. The highest BCUT2D eigenvalue weighted by molar-refractivity contribution is 4.76. The Hall–Kier alpha value is -0.0800. The molecule has 0 bridgehead atoms. The minimum atomic E-state index is -0.417. The van der Waals surface area contributed by atoms with Gasteiger partial charge < -0.3 is 9.47 Å². The highest BCUT2D eigenvalue weighted by Gasteiger charge is 2.24. The molecule has 1 fully saturated rings. The Balaban J connectivity index is 2.40. The molecule has 1 rings (SSSR count). The smallest absolute Gasteiger partial charge is 0.164 e. The molecule has 0 atom stereocenters. The first-order valence-corrected chi connectivity index (χ1v) is 2.21. The van der Waals surface area contributed by atoms with Gasteiger partial charge >= 0.3 is 0 Å². The maximum Gasteiger partial charge on any atom is 0.164 e. The monoisotopic (exact) mass is 100 g/mol. The Kier molecular flexibility index (Phi) is 1.05. The van der Waals surface area contributed by atoms with Gasteiger partial charge in [-0.2, -0.15) is 0 Å². The summed E-state index contributed by atoms with van der Waals surface area (Å²) in [6.07, 6.45) is 0. The fourth-order valence-electron chi connectivity index (χ4n) is 0.411. The lowest BCUT2D eigenvalue weighted by molar-refractivity contribution is -0.108. The standard InChI is InChI=1S/C5H8O2/c1-5(2)6-3-4-7-5/h3-4H,1-2H3. The van der Waals surface area contributed by atoms with E-state index in [9.17, 15) is 0 Å². The zero-order chi connectivity index (χ0) is 5.33. The molecule has 0 aliphatic carbocycles. The highest BCUT2D eigenvalue weighted by Crippen LogP contribution is 2.21. The molecule has 1 aliphatic rings. The van der Waals surface area contributed by atoms with Crippen LogP contribution in [0.3, 0.4) is 0 Å². The van der Waals surface area contributed by atoms with Gasteiger partial charge in [0.1, 0.15) is 13.2 Å². The number of rotatable bonds is 0. The van der Waals surface area contributed by atoms with E-state index in [2.05, 4.69) is 0 Å². The molecule has 0 unspecified atom stereocenters. The largest absolute Gasteiger partial charge is 0.342 e. The van der Waals surface area contributed by atoms with Crippen molar-refractivity contribution < 1.29 is 9.47 Å². The lowest BCUT2D eigenvalue weighted by Crippen LogP contribution is -2.18. The van der Waals surface area contributed by atoms with Gasteiger partial charge in [0.25, 0.3) is 0 Å². The summed E-state index contributed by atoms with van der Waals surface area (Å²) in [7, 11) is 0. The van der Waals surface area contributed by atoms with Gasteiger partial charge in [-0.05, 0) is 13.8 Å². The van der Waals surface area contributed by atoms with Crippen LogP contribution >= 0.6 is 0 Å². The van der Waals surface area contributed by atoms with E-state index in [0.29, 0.717) is 0 Å². The summed E-state index contributed by atoms with van der Waals surface area (Å²) in [6, 6.07) is 0. The van der Waals surface area contributed by atoms with Crippen LogP contribution in [0.1, 0.15) is 13.8 Å². The topological polar surface area (TPSA) is 18.5 Å². The van der Waals surface area contributed by atoms with Gasteiger partial charge in [-0.3, -0.25) is 0 Å². The van der Waals surface area contributed by atoms with Crippen molar-refractivity contribution >= 4 is 0 Å². The molecule has 1 aliphatic heterocycles. The van der Waals surface area contributed by atoms with Gasteiger partial charge in [0.05, 0.1) is 0 Å². The Bertz CT molecular complexity index is 60.5. The van der Waals surface area contributed by atoms with Crippen LogP contribution < -0.4 is 0 Å². The van der Waals surface area contributed by atoms with Crippen LogP contribution in [0, 0.1) is 13.2 Å². The Labute approximate surface area is 43.4 Å². The van der Waals surface area contributed by atoms with Crippen LogP contribution in [0.25, 0.3) is 0 Å². The fraction of sp³-hybridized carbons (Fsp3) is 0.600. The predicted octanol–water partition coefficient (Wildman–Crippen LogP) is 1.09. The second-order valence-corrected chi connectivity index (χ2v) is 1.91. The first-order chi connectivity index (χ1) is 3.21. The summed E-state index contributed by atoms with van der Waals surface area (Å²) >= 11 is 0. The van der Waals surface area contributed by atoms with Gasteiger partial charge in [0.2, 0.25) is 0 Å². The van der Waals surface area contributed by atoms with E-state index in [4.69, 9.17) is 9.47 Å². The molecule has 0 aromatic rings. The lowest BCUT2D eigenvalue weighted by atomic mass is 10.4.